The molecule has 3 amide bonds. The largest absolute Gasteiger partial charge is 0.396 e. The van der Waals surface area contributed by atoms with Crippen molar-refractivity contribution in [2.24, 2.45) is 11.8 Å². The van der Waals surface area contributed by atoms with Crippen LogP contribution in [0.15, 0.2) is 55.6 Å². The summed E-state index contributed by atoms with van der Waals surface area (Å²) >= 11 is 1.69. The molecule has 0 radical (unpaired) electrons. The molecule has 2 bridgehead atoms. The molecule has 3 saturated heterocycles. The molecule has 0 aromatic heterocycles. The third-order valence-electron chi connectivity index (χ3n) is 8.24. The lowest BCUT2D eigenvalue weighted by molar-refractivity contribution is -0.145. The lowest BCUT2D eigenvalue weighted by Crippen LogP contribution is -2.55. The van der Waals surface area contributed by atoms with Crippen molar-refractivity contribution in [3.8, 4) is 0 Å². The maximum Gasteiger partial charge on any atom is 0.247 e. The summed E-state index contributed by atoms with van der Waals surface area (Å²) in [6, 6.07) is 9.18. The van der Waals surface area contributed by atoms with E-state index < -0.39 is 27.4 Å². The van der Waals surface area contributed by atoms with E-state index in [2.05, 4.69) is 20.1 Å². The molecule has 7 nitrogen and oxygen atoms in total. The van der Waals surface area contributed by atoms with Crippen molar-refractivity contribution in [2.75, 3.05) is 33.3 Å². The van der Waals surface area contributed by atoms with Crippen molar-refractivity contribution in [1.29, 1.82) is 0 Å². The third kappa shape index (κ3) is 4.74. The van der Waals surface area contributed by atoms with Crippen LogP contribution in [-0.2, 0) is 20.9 Å². The summed E-state index contributed by atoms with van der Waals surface area (Å²) < 4.78 is -1.04. The second kappa shape index (κ2) is 11.0. The molecule has 0 saturated carbocycles. The first-order valence-corrected chi connectivity index (χ1v) is 14.0. The first kappa shape index (κ1) is 27.5. The smallest absolute Gasteiger partial charge is 0.247 e. The minimum absolute atomic E-state index is 0.0338. The van der Waals surface area contributed by atoms with E-state index in [9.17, 15) is 19.5 Å². The van der Waals surface area contributed by atoms with Gasteiger partial charge in [0, 0.05) is 44.6 Å². The van der Waals surface area contributed by atoms with Crippen molar-refractivity contribution in [1.82, 2.24) is 14.7 Å². The average Bonchev–Trinajstić information content (AvgIpc) is 3.45. The Kier molecular flexibility index (Phi) is 8.19. The lowest BCUT2D eigenvalue weighted by Gasteiger charge is -2.37. The van der Waals surface area contributed by atoms with Gasteiger partial charge in [-0.05, 0) is 38.2 Å². The first-order valence-electron chi connectivity index (χ1n) is 13.1. The predicted molar refractivity (Wildman–Crippen MR) is 147 cm³/mol. The number of hydrogen-bond acceptors (Lipinski definition) is 5. The highest BCUT2D eigenvalue weighted by atomic mass is 32.2. The molecule has 3 heterocycles. The highest BCUT2D eigenvalue weighted by Gasteiger charge is 2.77. The van der Waals surface area contributed by atoms with Gasteiger partial charge in [0.1, 0.15) is 6.04 Å². The lowest BCUT2D eigenvalue weighted by atomic mass is 9.66. The summed E-state index contributed by atoms with van der Waals surface area (Å²) in [6.07, 6.45) is 6.08. The van der Waals surface area contributed by atoms with Crippen LogP contribution in [0.2, 0.25) is 0 Å². The van der Waals surface area contributed by atoms with Gasteiger partial charge in [0.05, 0.1) is 16.6 Å². The number of unbranched alkanes of at least 4 members (excludes halogenated alkanes) is 1. The molecule has 3 aliphatic rings. The Morgan fingerprint density at radius 3 is 2.49 bits per heavy atom. The Morgan fingerprint density at radius 1 is 1.14 bits per heavy atom. The summed E-state index contributed by atoms with van der Waals surface area (Å²) in [5.41, 5.74) is 1.01. The molecule has 1 spiro atoms. The number of carbonyl (C=O) groups excluding carboxylic acids is 3. The number of nitrogens with zero attached hydrogens (tertiary/aromatic N) is 3. The van der Waals surface area contributed by atoms with Crippen LogP contribution < -0.4 is 0 Å². The molecule has 3 fully saturated rings. The molecule has 37 heavy (non-hydrogen) atoms. The minimum atomic E-state index is -0.651. The molecule has 5 atom stereocenters. The maximum absolute atomic E-state index is 14.4. The second-order valence-electron chi connectivity index (χ2n) is 10.7. The molecule has 1 aromatic carbocycles. The van der Waals surface area contributed by atoms with E-state index in [1.807, 2.05) is 30.3 Å². The SMILES string of the molecule is C=CCN(C)C(=O)[C@@H]1[C@H]2C(=O)N(CCCCO)C(C(=O)N(CC=C)Cc3ccccc3)C23CC[C@@]1(C)S3. The number of amides is 3. The van der Waals surface area contributed by atoms with Crippen LogP contribution in [-0.4, -0.2) is 86.4 Å². The summed E-state index contributed by atoms with van der Waals surface area (Å²) in [4.78, 5) is 47.4. The normalized spacial score (nSPS) is 29.8. The van der Waals surface area contributed by atoms with Gasteiger partial charge in [-0.3, -0.25) is 14.4 Å². The number of rotatable bonds is 12. The molecular formula is C29H39N3O4S. The molecule has 3 aliphatic heterocycles. The fraction of sp³-hybridized carbons (Fsp3) is 0.552. The molecular weight excluding hydrogens is 486 g/mol. The second-order valence-corrected chi connectivity index (χ2v) is 12.6. The van der Waals surface area contributed by atoms with Gasteiger partial charge in [0.15, 0.2) is 0 Å². The maximum atomic E-state index is 14.4. The number of benzene rings is 1. The van der Waals surface area contributed by atoms with E-state index >= 15 is 0 Å². The van der Waals surface area contributed by atoms with Crippen molar-refractivity contribution in [3.63, 3.8) is 0 Å². The summed E-state index contributed by atoms with van der Waals surface area (Å²) in [5, 5.41) is 9.38. The number of carbonyl (C=O) groups is 3. The van der Waals surface area contributed by atoms with Crippen LogP contribution in [0.3, 0.4) is 0 Å². The highest BCUT2D eigenvalue weighted by molar-refractivity contribution is 8.02. The van der Waals surface area contributed by atoms with Gasteiger partial charge in [0.2, 0.25) is 17.7 Å². The van der Waals surface area contributed by atoms with Gasteiger partial charge in [-0.25, -0.2) is 0 Å². The van der Waals surface area contributed by atoms with Gasteiger partial charge >= 0.3 is 0 Å². The van der Waals surface area contributed by atoms with Crippen molar-refractivity contribution in [3.05, 3.63) is 61.2 Å². The molecule has 4 rings (SSSR count). The van der Waals surface area contributed by atoms with E-state index in [0.29, 0.717) is 39.0 Å². The van der Waals surface area contributed by atoms with E-state index in [0.717, 1.165) is 18.4 Å². The summed E-state index contributed by atoms with van der Waals surface area (Å²) in [7, 11) is 1.75. The number of likely N-dealkylation sites (tertiary alicyclic amines) is 1. The van der Waals surface area contributed by atoms with Gasteiger partial charge in [-0.15, -0.1) is 24.9 Å². The van der Waals surface area contributed by atoms with Gasteiger partial charge in [-0.1, -0.05) is 42.5 Å². The summed E-state index contributed by atoms with van der Waals surface area (Å²) in [5.74, 6) is -1.26. The van der Waals surface area contributed by atoms with E-state index in [4.69, 9.17) is 0 Å². The number of aliphatic hydroxyl groups is 1. The topological polar surface area (TPSA) is 81.2 Å². The zero-order valence-corrected chi connectivity index (χ0v) is 22.8. The minimum Gasteiger partial charge on any atom is -0.396 e. The Morgan fingerprint density at radius 2 is 1.84 bits per heavy atom. The average molecular weight is 526 g/mol. The van der Waals surface area contributed by atoms with E-state index in [1.54, 1.807) is 45.7 Å². The number of likely N-dealkylation sites (N-methyl/N-ethyl adjacent to an activating group) is 1. The van der Waals surface area contributed by atoms with Crippen LogP contribution >= 0.6 is 11.8 Å². The molecule has 200 valence electrons. The molecule has 2 unspecified atom stereocenters. The van der Waals surface area contributed by atoms with Gasteiger partial charge in [0.25, 0.3) is 0 Å². The van der Waals surface area contributed by atoms with Crippen molar-refractivity contribution < 1.29 is 19.5 Å². The Labute approximate surface area is 224 Å². The Hall–Kier alpha value is -2.58. The Bertz CT molecular complexity index is 1050. The monoisotopic (exact) mass is 525 g/mol. The zero-order valence-electron chi connectivity index (χ0n) is 22.0. The van der Waals surface area contributed by atoms with Crippen LogP contribution in [0.4, 0.5) is 0 Å². The fourth-order valence-electron chi connectivity index (χ4n) is 6.60. The molecule has 1 aromatic rings. The standard InChI is InChI=1S/C29H39N3O4S/c1-5-16-30(4)25(34)22-23-26(35)32(18-10-11-19-33)24(29(23)15-14-28(22,3)37-29)27(36)31(17-6-2)20-21-12-8-7-9-13-21/h5-9,12-13,22-24,33H,1-2,10-11,14-20H2,3-4H3/t22-,23-,24?,28+,29?/m0/s1. The third-order valence-corrected chi connectivity index (χ3v) is 10.2. The predicted octanol–water partition coefficient (Wildman–Crippen LogP) is 3.10. The van der Waals surface area contributed by atoms with Crippen molar-refractivity contribution in [2.45, 2.75) is 54.7 Å². The number of fused-ring (bicyclic) bond motifs is 1. The Balaban J connectivity index is 1.73. The number of thioether (sulfide) groups is 1. The number of hydrogen-bond donors (Lipinski definition) is 1. The molecule has 8 heteroatoms. The van der Waals surface area contributed by atoms with Crippen LogP contribution in [0.5, 0.6) is 0 Å². The number of aliphatic hydroxyl groups excluding tert-OH is 1. The first-order chi connectivity index (χ1) is 17.7. The van der Waals surface area contributed by atoms with Crippen LogP contribution in [0.1, 0.15) is 38.2 Å². The molecule has 0 aliphatic carbocycles. The fourth-order valence-corrected chi connectivity index (χ4v) is 8.95. The quantitative estimate of drug-likeness (QED) is 0.335. The summed E-state index contributed by atoms with van der Waals surface area (Å²) in [6.45, 7) is 11.4. The van der Waals surface area contributed by atoms with Crippen molar-refractivity contribution >= 4 is 29.5 Å². The van der Waals surface area contributed by atoms with Crippen LogP contribution in [0, 0.1) is 11.8 Å². The van der Waals surface area contributed by atoms with E-state index in [-0.39, 0.29) is 24.3 Å². The van der Waals surface area contributed by atoms with Gasteiger partial charge < -0.3 is 19.8 Å². The zero-order chi connectivity index (χ0) is 26.8. The highest BCUT2D eigenvalue weighted by Crippen LogP contribution is 2.71. The van der Waals surface area contributed by atoms with Crippen LogP contribution in [0.25, 0.3) is 0 Å². The van der Waals surface area contributed by atoms with E-state index in [1.165, 1.54) is 0 Å². The van der Waals surface area contributed by atoms with Gasteiger partial charge in [-0.2, -0.15) is 0 Å². The molecule has 1 N–H and O–H groups in total.